The molecule has 0 aliphatic heterocycles. The summed E-state index contributed by atoms with van der Waals surface area (Å²) in [6, 6.07) is 0. The molecule has 0 aromatic rings. The maximum Gasteiger partial charge on any atom is 0.334 e. The first kappa shape index (κ1) is 25.8. The van der Waals surface area contributed by atoms with Gasteiger partial charge in [0.25, 0.3) is 10.1 Å². The first-order valence-electron chi connectivity index (χ1n) is 9.73. The van der Waals surface area contributed by atoms with Crippen molar-refractivity contribution in [1.82, 2.24) is 0 Å². The van der Waals surface area contributed by atoms with Crippen molar-refractivity contribution in [2.75, 3.05) is 13.2 Å². The van der Waals surface area contributed by atoms with E-state index in [4.69, 9.17) is 14.6 Å². The van der Waals surface area contributed by atoms with E-state index in [1.54, 1.807) is 0 Å². The highest BCUT2D eigenvalue weighted by Gasteiger charge is 2.45. The monoisotopic (exact) mass is 410 g/mol. The van der Waals surface area contributed by atoms with E-state index in [1.165, 1.54) is 45.4 Å². The molecule has 2 atom stereocenters. The van der Waals surface area contributed by atoms with Crippen LogP contribution in [0.1, 0.15) is 78.1 Å². The van der Waals surface area contributed by atoms with Gasteiger partial charge < -0.3 is 14.6 Å². The van der Waals surface area contributed by atoms with Gasteiger partial charge in [-0.25, -0.2) is 4.79 Å². The van der Waals surface area contributed by atoms with E-state index in [0.717, 1.165) is 19.3 Å². The first-order valence-corrected chi connectivity index (χ1v) is 11.2. The van der Waals surface area contributed by atoms with Crippen molar-refractivity contribution in [2.24, 2.45) is 0 Å². The Bertz CT molecular complexity index is 517. The van der Waals surface area contributed by atoms with E-state index in [2.05, 4.69) is 6.92 Å². The zero-order valence-electron chi connectivity index (χ0n) is 16.4. The van der Waals surface area contributed by atoms with Gasteiger partial charge >= 0.3 is 11.9 Å². The van der Waals surface area contributed by atoms with E-state index in [-0.39, 0.29) is 13.2 Å². The smallest absolute Gasteiger partial charge is 0.334 e. The summed E-state index contributed by atoms with van der Waals surface area (Å²) in [5, 5.41) is 6.75. The molecule has 0 saturated heterocycles. The molecule has 9 heteroatoms. The average molecular weight is 411 g/mol. The number of carboxylic acid groups (broad SMARTS) is 1. The highest BCUT2D eigenvalue weighted by molar-refractivity contribution is 7.87. The summed E-state index contributed by atoms with van der Waals surface area (Å²) in [5.74, 6) is -2.97. The van der Waals surface area contributed by atoms with Crippen LogP contribution in [-0.2, 0) is 29.2 Å². The highest BCUT2D eigenvalue weighted by Crippen LogP contribution is 2.14. The Morgan fingerprint density at radius 2 is 1.37 bits per heavy atom. The fraction of sp³-hybridized carbons (Fsp3) is 0.889. The lowest BCUT2D eigenvalue weighted by atomic mass is 10.1. The lowest BCUT2D eigenvalue weighted by molar-refractivity contribution is -0.158. The molecular formula is C18H34O8S. The van der Waals surface area contributed by atoms with E-state index in [1.807, 2.05) is 0 Å². The molecule has 0 heterocycles. The van der Waals surface area contributed by atoms with Gasteiger partial charge in [-0.2, -0.15) is 8.42 Å². The molecule has 0 aliphatic carbocycles. The van der Waals surface area contributed by atoms with Crippen LogP contribution >= 0.6 is 0 Å². The Balaban J connectivity index is 4.17. The second kappa shape index (κ2) is 14.8. The molecular weight excluding hydrogens is 376 g/mol. The summed E-state index contributed by atoms with van der Waals surface area (Å²) >= 11 is 0. The molecule has 8 nitrogen and oxygen atoms in total. The van der Waals surface area contributed by atoms with Gasteiger partial charge in [-0.1, -0.05) is 64.7 Å². The van der Waals surface area contributed by atoms with E-state index >= 15 is 0 Å². The van der Waals surface area contributed by atoms with E-state index < -0.39 is 33.4 Å². The number of hydrogen-bond acceptors (Lipinski definition) is 6. The maximum atomic E-state index is 12.0. The van der Waals surface area contributed by atoms with Crippen molar-refractivity contribution < 1.29 is 37.1 Å². The molecule has 0 bridgehead atoms. The largest absolute Gasteiger partial charge is 0.479 e. The van der Waals surface area contributed by atoms with Crippen LogP contribution in [-0.4, -0.2) is 54.6 Å². The van der Waals surface area contributed by atoms with E-state index in [0.29, 0.717) is 6.42 Å². The fourth-order valence-corrected chi connectivity index (χ4v) is 3.53. The van der Waals surface area contributed by atoms with Gasteiger partial charge in [0.05, 0.1) is 6.61 Å². The predicted octanol–water partition coefficient (Wildman–Crippen LogP) is 3.20. The standard InChI is InChI=1S/C18H34O8S/c1-3-5-6-7-8-9-10-11-12-13-14-26-18(21)16(27(22,23)24)15(17(19)20)25-4-2/h15-16H,3-14H2,1-2H3,(H,19,20)(H,22,23,24). The number of aliphatic carboxylic acids is 1. The Morgan fingerprint density at radius 1 is 0.889 bits per heavy atom. The third-order valence-electron chi connectivity index (χ3n) is 4.16. The van der Waals surface area contributed by atoms with Gasteiger partial charge in [-0.15, -0.1) is 0 Å². The molecule has 160 valence electrons. The third-order valence-corrected chi connectivity index (χ3v) is 5.24. The zero-order chi connectivity index (χ0) is 20.7. The normalized spacial score (nSPS) is 13.9. The molecule has 0 aliphatic rings. The molecule has 0 amide bonds. The Hall–Kier alpha value is -1.19. The highest BCUT2D eigenvalue weighted by atomic mass is 32.2. The topological polar surface area (TPSA) is 127 Å². The molecule has 0 saturated carbocycles. The van der Waals surface area contributed by atoms with Crippen LogP contribution < -0.4 is 0 Å². The maximum absolute atomic E-state index is 12.0. The molecule has 2 unspecified atom stereocenters. The summed E-state index contributed by atoms with van der Waals surface area (Å²) in [6.45, 7) is 3.48. The van der Waals surface area contributed by atoms with Crippen LogP contribution in [0.5, 0.6) is 0 Å². The average Bonchev–Trinajstić information content (AvgIpc) is 2.58. The predicted molar refractivity (Wildman–Crippen MR) is 101 cm³/mol. The lowest BCUT2D eigenvalue weighted by Crippen LogP contribution is -2.47. The fourth-order valence-electron chi connectivity index (χ4n) is 2.71. The van der Waals surface area contributed by atoms with Gasteiger partial charge in [-0.05, 0) is 13.3 Å². The summed E-state index contributed by atoms with van der Waals surface area (Å²) in [4.78, 5) is 23.1. The van der Waals surface area contributed by atoms with Gasteiger partial charge in [0, 0.05) is 6.61 Å². The van der Waals surface area contributed by atoms with Crippen LogP contribution in [0.3, 0.4) is 0 Å². The van der Waals surface area contributed by atoms with Gasteiger partial charge in [-0.3, -0.25) is 9.35 Å². The summed E-state index contributed by atoms with van der Waals surface area (Å²) in [5.41, 5.74) is 0. The van der Waals surface area contributed by atoms with Crippen LogP contribution in [0, 0.1) is 0 Å². The zero-order valence-corrected chi connectivity index (χ0v) is 17.2. The van der Waals surface area contributed by atoms with Crippen LogP contribution in [0.15, 0.2) is 0 Å². The Morgan fingerprint density at radius 3 is 1.78 bits per heavy atom. The molecule has 2 N–H and O–H groups in total. The molecule has 0 radical (unpaired) electrons. The first-order chi connectivity index (χ1) is 12.8. The summed E-state index contributed by atoms with van der Waals surface area (Å²) < 4.78 is 41.7. The Labute approximate surface area is 162 Å². The molecule has 0 fully saturated rings. The number of ether oxygens (including phenoxy) is 2. The van der Waals surface area contributed by atoms with Crippen molar-refractivity contribution >= 4 is 22.1 Å². The minimum absolute atomic E-state index is 0.0280. The van der Waals surface area contributed by atoms with Crippen molar-refractivity contribution in [1.29, 1.82) is 0 Å². The lowest BCUT2D eigenvalue weighted by Gasteiger charge is -2.19. The van der Waals surface area contributed by atoms with Gasteiger partial charge in [0.2, 0.25) is 5.25 Å². The van der Waals surface area contributed by atoms with Crippen molar-refractivity contribution in [2.45, 2.75) is 89.4 Å². The van der Waals surface area contributed by atoms with Crippen molar-refractivity contribution in [3.05, 3.63) is 0 Å². The number of esters is 1. The van der Waals surface area contributed by atoms with E-state index in [9.17, 15) is 22.6 Å². The second-order valence-corrected chi connectivity index (χ2v) is 8.04. The number of rotatable bonds is 17. The molecule has 0 aromatic heterocycles. The summed E-state index contributed by atoms with van der Waals surface area (Å²) in [6.07, 6.45) is 8.89. The minimum atomic E-state index is -4.98. The third kappa shape index (κ3) is 12.0. The number of hydrogen-bond donors (Lipinski definition) is 2. The van der Waals surface area contributed by atoms with Gasteiger partial charge in [0.1, 0.15) is 0 Å². The molecule has 0 aromatic carbocycles. The van der Waals surface area contributed by atoms with Crippen LogP contribution in [0.25, 0.3) is 0 Å². The molecule has 27 heavy (non-hydrogen) atoms. The van der Waals surface area contributed by atoms with Crippen LogP contribution in [0.4, 0.5) is 0 Å². The second-order valence-electron chi connectivity index (χ2n) is 6.50. The molecule has 0 spiro atoms. The molecule has 0 rings (SSSR count). The number of carboxylic acids is 1. The van der Waals surface area contributed by atoms with Gasteiger partial charge in [0.15, 0.2) is 6.10 Å². The Kier molecular flexibility index (Phi) is 14.2. The number of carbonyl (C=O) groups excluding carboxylic acids is 1. The van der Waals surface area contributed by atoms with Crippen LogP contribution in [0.2, 0.25) is 0 Å². The minimum Gasteiger partial charge on any atom is -0.479 e. The SMILES string of the molecule is CCCCCCCCCCCCOC(=O)C(C(OCC)C(=O)O)S(=O)(=O)O. The number of carbonyl (C=O) groups is 2. The number of unbranched alkanes of at least 4 members (excludes halogenated alkanes) is 9. The summed E-state index contributed by atoms with van der Waals surface area (Å²) in [7, 11) is -4.98. The van der Waals surface area contributed by atoms with Crippen molar-refractivity contribution in [3.63, 3.8) is 0 Å². The van der Waals surface area contributed by atoms with Crippen molar-refractivity contribution in [3.8, 4) is 0 Å². The quantitative estimate of drug-likeness (QED) is 0.213.